The molecule has 2 aliphatic rings. The zero-order valence-corrected chi connectivity index (χ0v) is 17.9. The maximum Gasteiger partial charge on any atom is 0.161 e. The smallest absolute Gasteiger partial charge is 0.161 e. The number of rotatable bonds is 14. The summed E-state index contributed by atoms with van der Waals surface area (Å²) in [5, 5.41) is 1.27. The van der Waals surface area contributed by atoms with Crippen LogP contribution in [0.3, 0.4) is 0 Å². The molecule has 0 unspecified atom stereocenters. The summed E-state index contributed by atoms with van der Waals surface area (Å²) in [7, 11) is 0. The molecule has 4 rings (SSSR count). The molecule has 7 heteroatoms. The van der Waals surface area contributed by atoms with Crippen LogP contribution in [0.4, 0.5) is 0 Å². The van der Waals surface area contributed by atoms with E-state index in [9.17, 15) is 0 Å². The average molecular weight is 435 g/mol. The molecule has 0 spiro atoms. The predicted molar refractivity (Wildman–Crippen MR) is 118 cm³/mol. The van der Waals surface area contributed by atoms with Crippen LogP contribution in [-0.4, -0.2) is 61.6 Å². The second-order valence-electron chi connectivity index (χ2n) is 6.74. The zero-order chi connectivity index (χ0) is 19.7. The number of hydrogen-bond donors (Lipinski definition) is 0. The van der Waals surface area contributed by atoms with Crippen molar-refractivity contribution >= 4 is 23.5 Å². The second kappa shape index (κ2) is 10.9. The van der Waals surface area contributed by atoms with Gasteiger partial charge in [-0.15, -0.1) is 0 Å². The molecular formula is C22H26O5S2. The van der Waals surface area contributed by atoms with E-state index in [4.69, 9.17) is 23.7 Å². The van der Waals surface area contributed by atoms with E-state index in [1.807, 2.05) is 72.1 Å². The lowest BCUT2D eigenvalue weighted by atomic mass is 10.3. The molecular weight excluding hydrogens is 408 g/mol. The summed E-state index contributed by atoms with van der Waals surface area (Å²) in [6.45, 7) is 3.40. The molecule has 0 saturated carbocycles. The predicted octanol–water partition coefficient (Wildman–Crippen LogP) is 4.15. The van der Waals surface area contributed by atoms with Crippen LogP contribution in [0.15, 0.2) is 48.5 Å². The van der Waals surface area contributed by atoms with Crippen LogP contribution >= 0.6 is 23.5 Å². The number of thioether (sulfide) groups is 2. The first-order chi connectivity index (χ1) is 14.4. The lowest BCUT2D eigenvalue weighted by Gasteiger charge is -2.13. The van der Waals surface area contributed by atoms with Gasteiger partial charge in [-0.2, -0.15) is 23.5 Å². The van der Waals surface area contributed by atoms with Crippen molar-refractivity contribution in [2.75, 3.05) is 51.1 Å². The average Bonchev–Trinajstić information content (AvgIpc) is 3.66. The van der Waals surface area contributed by atoms with Crippen molar-refractivity contribution in [2.24, 2.45) is 0 Å². The van der Waals surface area contributed by atoms with E-state index < -0.39 is 0 Å². The van der Waals surface area contributed by atoms with Crippen molar-refractivity contribution in [2.45, 2.75) is 10.5 Å². The van der Waals surface area contributed by atoms with Crippen LogP contribution in [0, 0.1) is 0 Å². The highest BCUT2D eigenvalue weighted by molar-refractivity contribution is 8.07. The highest BCUT2D eigenvalue weighted by Gasteiger charge is 2.24. The molecule has 2 aliphatic heterocycles. The van der Waals surface area contributed by atoms with Crippen LogP contribution in [-0.2, 0) is 4.74 Å². The molecule has 2 saturated heterocycles. The summed E-state index contributed by atoms with van der Waals surface area (Å²) < 4.78 is 28.9. The molecule has 156 valence electrons. The van der Waals surface area contributed by atoms with Gasteiger partial charge in [0, 0.05) is 22.0 Å². The Labute approximate surface area is 180 Å². The third-order valence-corrected chi connectivity index (χ3v) is 6.20. The monoisotopic (exact) mass is 434 g/mol. The molecule has 5 nitrogen and oxygen atoms in total. The van der Waals surface area contributed by atoms with E-state index in [1.54, 1.807) is 0 Å². The lowest BCUT2D eigenvalue weighted by molar-refractivity contribution is 0.0746. The molecule has 2 heterocycles. The van der Waals surface area contributed by atoms with E-state index in [-0.39, 0.29) is 0 Å². The van der Waals surface area contributed by atoms with Gasteiger partial charge < -0.3 is 23.7 Å². The Balaban J connectivity index is 1.11. The van der Waals surface area contributed by atoms with E-state index in [2.05, 4.69) is 0 Å². The van der Waals surface area contributed by atoms with E-state index >= 15 is 0 Å². The van der Waals surface area contributed by atoms with Gasteiger partial charge in [-0.1, -0.05) is 24.3 Å². The topological polar surface area (TPSA) is 46.2 Å². The normalized spacial score (nSPS) is 19.4. The first-order valence-electron chi connectivity index (χ1n) is 9.88. The van der Waals surface area contributed by atoms with Gasteiger partial charge in [0.2, 0.25) is 0 Å². The number of benzene rings is 2. The third-order valence-electron chi connectivity index (χ3n) is 4.32. The molecule has 2 fully saturated rings. The minimum absolute atomic E-state index is 0.470. The summed E-state index contributed by atoms with van der Waals surface area (Å²) in [4.78, 5) is 0. The molecule has 2 aromatic rings. The third kappa shape index (κ3) is 7.24. The van der Waals surface area contributed by atoms with Crippen molar-refractivity contribution < 1.29 is 23.7 Å². The Morgan fingerprint density at radius 1 is 0.586 bits per heavy atom. The summed E-state index contributed by atoms with van der Waals surface area (Å²) in [5.74, 6) is 5.49. The number of hydrogen-bond acceptors (Lipinski definition) is 7. The van der Waals surface area contributed by atoms with Gasteiger partial charge in [-0.3, -0.25) is 0 Å². The molecule has 29 heavy (non-hydrogen) atoms. The van der Waals surface area contributed by atoms with Crippen LogP contribution in [0.5, 0.6) is 23.0 Å². The highest BCUT2D eigenvalue weighted by atomic mass is 32.2. The van der Waals surface area contributed by atoms with Gasteiger partial charge in [-0.05, 0) is 24.3 Å². The number of ether oxygens (including phenoxy) is 5. The highest BCUT2D eigenvalue weighted by Crippen LogP contribution is 2.34. The van der Waals surface area contributed by atoms with E-state index in [0.717, 1.165) is 36.2 Å². The van der Waals surface area contributed by atoms with Crippen molar-refractivity contribution in [3.8, 4) is 23.0 Å². The molecule has 0 aromatic heterocycles. The van der Waals surface area contributed by atoms with Crippen molar-refractivity contribution in [3.63, 3.8) is 0 Å². The first kappa shape index (κ1) is 20.6. The molecule has 0 amide bonds. The Morgan fingerprint density at radius 3 is 1.34 bits per heavy atom. The zero-order valence-electron chi connectivity index (χ0n) is 16.3. The largest absolute Gasteiger partial charge is 0.489 e. The number of para-hydroxylation sites is 4. The van der Waals surface area contributed by atoms with Gasteiger partial charge in [-0.25, -0.2) is 0 Å². The second-order valence-corrected chi connectivity index (χ2v) is 9.40. The van der Waals surface area contributed by atoms with Gasteiger partial charge in [0.25, 0.3) is 0 Å². The molecule has 0 radical (unpaired) electrons. The van der Waals surface area contributed by atoms with E-state index in [1.165, 1.54) is 11.5 Å². The summed E-state index contributed by atoms with van der Waals surface area (Å²) in [5.41, 5.74) is 0. The van der Waals surface area contributed by atoms with Crippen molar-refractivity contribution in [3.05, 3.63) is 48.5 Å². The quantitative estimate of drug-likeness (QED) is 0.327. The first-order valence-corrected chi connectivity index (χ1v) is 12.0. The fourth-order valence-electron chi connectivity index (χ4n) is 2.59. The molecule has 0 aliphatic carbocycles. The van der Waals surface area contributed by atoms with Crippen molar-refractivity contribution in [1.82, 2.24) is 0 Å². The minimum atomic E-state index is 0.470. The lowest BCUT2D eigenvalue weighted by Crippen LogP contribution is -2.13. The molecule has 0 N–H and O–H groups in total. The minimum Gasteiger partial charge on any atom is -0.489 e. The summed E-state index contributed by atoms with van der Waals surface area (Å²) in [6.07, 6.45) is 0. The van der Waals surface area contributed by atoms with Gasteiger partial charge >= 0.3 is 0 Å². The maximum absolute atomic E-state index is 5.84. The molecule has 0 bridgehead atoms. The Morgan fingerprint density at radius 2 is 0.966 bits per heavy atom. The fourth-order valence-corrected chi connectivity index (χ4v) is 3.39. The Hall–Kier alpha value is -1.70. The van der Waals surface area contributed by atoms with Crippen molar-refractivity contribution in [1.29, 1.82) is 0 Å². The van der Waals surface area contributed by atoms with Crippen LogP contribution < -0.4 is 18.9 Å². The molecule has 2 aromatic carbocycles. The van der Waals surface area contributed by atoms with Gasteiger partial charge in [0.15, 0.2) is 23.0 Å². The van der Waals surface area contributed by atoms with Crippen LogP contribution in [0.1, 0.15) is 0 Å². The molecule has 2 atom stereocenters. The van der Waals surface area contributed by atoms with E-state index in [0.29, 0.717) is 36.9 Å². The Bertz CT molecular complexity index is 701. The fraction of sp³-hybridized carbons (Fsp3) is 0.455. The SMILES string of the molecule is c1ccc(OC[C@H]2CS2)c(OCCOCCOc2ccccc2OC[C@H]2CS2)c1. The summed E-state index contributed by atoms with van der Waals surface area (Å²) in [6, 6.07) is 15.6. The van der Waals surface area contributed by atoms with Crippen LogP contribution in [0.25, 0.3) is 0 Å². The van der Waals surface area contributed by atoms with Crippen LogP contribution in [0.2, 0.25) is 0 Å². The standard InChI is InChI=1S/C22H26O5S2/c1-3-7-21(26-13-17-15-28-17)19(5-1)24-11-9-23-10-12-25-20-6-2-4-8-22(20)27-14-18-16-29-18/h1-8,17-18H,9-16H2/t17-,18-/m0/s1. The van der Waals surface area contributed by atoms with Gasteiger partial charge in [0.05, 0.1) is 13.2 Å². The maximum atomic E-state index is 5.84. The Kier molecular flexibility index (Phi) is 7.73. The van der Waals surface area contributed by atoms with Gasteiger partial charge in [0.1, 0.15) is 26.4 Å². The summed E-state index contributed by atoms with van der Waals surface area (Å²) >= 11 is 3.84.